The molecule has 0 saturated carbocycles. The summed E-state index contributed by atoms with van der Waals surface area (Å²) in [5, 5.41) is 6.44. The van der Waals surface area contributed by atoms with Gasteiger partial charge in [0, 0.05) is 6.54 Å². The van der Waals surface area contributed by atoms with E-state index in [1.807, 2.05) is 36.4 Å². The van der Waals surface area contributed by atoms with Crippen molar-refractivity contribution in [1.82, 2.24) is 19.9 Å². The van der Waals surface area contributed by atoms with E-state index in [-0.39, 0.29) is 18.8 Å². The summed E-state index contributed by atoms with van der Waals surface area (Å²) in [5.74, 6) is 3.27. The predicted octanol–water partition coefficient (Wildman–Crippen LogP) is 3.32. The highest BCUT2D eigenvalue weighted by molar-refractivity contribution is 5.62. The zero-order chi connectivity index (χ0) is 20.6. The molecule has 0 bridgehead atoms. The molecule has 2 N–H and O–H groups in total. The minimum atomic E-state index is -0.0547. The van der Waals surface area contributed by atoms with Gasteiger partial charge in [-0.1, -0.05) is 24.3 Å². The number of hydrogen-bond acceptors (Lipinski definition) is 9. The Hall–Kier alpha value is -4.14. The lowest BCUT2D eigenvalue weighted by Gasteiger charge is -2.13. The molecule has 9 heteroatoms. The highest BCUT2D eigenvalue weighted by atomic mass is 16.7. The van der Waals surface area contributed by atoms with Gasteiger partial charge in [0.05, 0.1) is 29.7 Å². The Morgan fingerprint density at radius 2 is 1.84 bits per heavy atom. The van der Waals surface area contributed by atoms with Gasteiger partial charge in [-0.2, -0.15) is 0 Å². The fourth-order valence-corrected chi connectivity index (χ4v) is 3.76. The van der Waals surface area contributed by atoms with E-state index in [1.165, 1.54) is 6.33 Å². The zero-order valence-electron chi connectivity index (χ0n) is 16.4. The number of ether oxygens (including phenoxy) is 3. The molecular formula is C22H18N6O3. The Balaban J connectivity index is 1.14. The van der Waals surface area contributed by atoms with E-state index in [0.717, 1.165) is 28.4 Å². The topological polar surface area (TPSA) is 103 Å². The lowest BCUT2D eigenvalue weighted by atomic mass is 9.96. The normalized spacial score (nSPS) is 19.5. The molecule has 1 aliphatic carbocycles. The second-order valence-electron chi connectivity index (χ2n) is 7.28. The van der Waals surface area contributed by atoms with E-state index in [2.05, 4.69) is 36.6 Å². The largest absolute Gasteiger partial charge is 0.479 e. The lowest BCUT2D eigenvalue weighted by molar-refractivity contribution is 0.174. The minimum Gasteiger partial charge on any atom is -0.479 e. The molecule has 0 amide bonds. The van der Waals surface area contributed by atoms with Crippen molar-refractivity contribution in [3.8, 4) is 17.2 Å². The van der Waals surface area contributed by atoms with E-state index < -0.39 is 0 Å². The number of allylic oxidation sites excluding steroid dienone is 2. The highest BCUT2D eigenvalue weighted by Crippen LogP contribution is 2.43. The Morgan fingerprint density at radius 3 is 2.77 bits per heavy atom. The van der Waals surface area contributed by atoms with E-state index in [4.69, 9.17) is 14.2 Å². The monoisotopic (exact) mass is 414 g/mol. The molecule has 0 saturated heterocycles. The number of fused-ring (bicyclic) bond motifs is 4. The van der Waals surface area contributed by atoms with Crippen LogP contribution in [0.15, 0.2) is 61.2 Å². The van der Waals surface area contributed by atoms with Crippen LogP contribution in [0.5, 0.6) is 17.2 Å². The maximum Gasteiger partial charge on any atom is 0.231 e. The quantitative estimate of drug-likeness (QED) is 0.651. The van der Waals surface area contributed by atoms with Gasteiger partial charge in [-0.25, -0.2) is 19.9 Å². The SMILES string of the molecule is C1=CC2Oc3c(Nc4ncc(NCc5ccc6c(c5)OCO6)cn4)ncnc3C2C=C1. The third-order valence-corrected chi connectivity index (χ3v) is 5.30. The van der Waals surface area contributed by atoms with Crippen LogP contribution in [0.3, 0.4) is 0 Å². The molecule has 4 heterocycles. The Bertz CT molecular complexity index is 1190. The number of nitrogens with zero attached hydrogens (tertiary/aromatic N) is 4. The van der Waals surface area contributed by atoms with Gasteiger partial charge >= 0.3 is 0 Å². The molecule has 2 unspecified atom stereocenters. The molecule has 0 fully saturated rings. The second-order valence-corrected chi connectivity index (χ2v) is 7.28. The first-order valence-corrected chi connectivity index (χ1v) is 9.91. The van der Waals surface area contributed by atoms with E-state index in [1.54, 1.807) is 12.4 Å². The van der Waals surface area contributed by atoms with Gasteiger partial charge in [0.2, 0.25) is 12.7 Å². The Labute approximate surface area is 177 Å². The Kier molecular flexibility index (Phi) is 4.15. The van der Waals surface area contributed by atoms with Crippen molar-refractivity contribution in [2.45, 2.75) is 18.6 Å². The van der Waals surface area contributed by atoms with Crippen molar-refractivity contribution >= 4 is 17.5 Å². The van der Waals surface area contributed by atoms with Crippen LogP contribution in [-0.2, 0) is 6.54 Å². The van der Waals surface area contributed by atoms with E-state index in [9.17, 15) is 0 Å². The number of hydrogen-bond donors (Lipinski definition) is 2. The molecule has 1 aromatic carbocycles. The van der Waals surface area contributed by atoms with Gasteiger partial charge < -0.3 is 24.8 Å². The summed E-state index contributed by atoms with van der Waals surface area (Å²) < 4.78 is 16.8. The average Bonchev–Trinajstić information content (AvgIpc) is 3.43. The van der Waals surface area contributed by atoms with Crippen LogP contribution in [0.25, 0.3) is 0 Å². The van der Waals surface area contributed by atoms with Crippen LogP contribution in [0.2, 0.25) is 0 Å². The smallest absolute Gasteiger partial charge is 0.231 e. The molecule has 9 nitrogen and oxygen atoms in total. The van der Waals surface area contributed by atoms with E-state index >= 15 is 0 Å². The number of anilines is 3. The maximum atomic E-state index is 6.04. The highest BCUT2D eigenvalue weighted by Gasteiger charge is 2.35. The first kappa shape index (κ1) is 17.7. The Morgan fingerprint density at radius 1 is 0.968 bits per heavy atom. The van der Waals surface area contributed by atoms with Crippen molar-refractivity contribution < 1.29 is 14.2 Å². The van der Waals surface area contributed by atoms with Crippen LogP contribution < -0.4 is 24.8 Å². The predicted molar refractivity (Wildman–Crippen MR) is 113 cm³/mol. The first-order chi connectivity index (χ1) is 15.3. The number of nitrogens with one attached hydrogen (secondary N) is 2. The molecule has 154 valence electrons. The molecule has 3 aromatic rings. The van der Waals surface area contributed by atoms with Crippen molar-refractivity contribution in [3.63, 3.8) is 0 Å². The fraction of sp³-hybridized carbons (Fsp3) is 0.182. The summed E-state index contributed by atoms with van der Waals surface area (Å²) in [6.07, 6.45) is 13.0. The lowest BCUT2D eigenvalue weighted by Crippen LogP contribution is -2.16. The van der Waals surface area contributed by atoms with E-state index in [0.29, 0.717) is 24.1 Å². The van der Waals surface area contributed by atoms with Gasteiger partial charge in [0.15, 0.2) is 23.1 Å². The van der Waals surface area contributed by atoms with Crippen LogP contribution >= 0.6 is 0 Å². The summed E-state index contributed by atoms with van der Waals surface area (Å²) in [4.78, 5) is 17.5. The van der Waals surface area contributed by atoms with Gasteiger partial charge in [-0.15, -0.1) is 0 Å². The summed E-state index contributed by atoms with van der Waals surface area (Å²) in [7, 11) is 0. The van der Waals surface area contributed by atoms with Gasteiger partial charge in [0.25, 0.3) is 0 Å². The zero-order valence-corrected chi connectivity index (χ0v) is 16.4. The molecule has 3 aliphatic rings. The molecule has 2 aliphatic heterocycles. The molecule has 0 radical (unpaired) electrons. The van der Waals surface area contributed by atoms with Crippen molar-refractivity contribution in [2.24, 2.45) is 0 Å². The summed E-state index contributed by atoms with van der Waals surface area (Å²) in [6.45, 7) is 0.883. The number of benzene rings is 1. The van der Waals surface area contributed by atoms with Crippen LogP contribution in [0.4, 0.5) is 17.5 Å². The fourth-order valence-electron chi connectivity index (χ4n) is 3.76. The second kappa shape index (κ2) is 7.28. The molecule has 6 rings (SSSR count). The first-order valence-electron chi connectivity index (χ1n) is 9.91. The average molecular weight is 414 g/mol. The number of rotatable bonds is 5. The van der Waals surface area contributed by atoms with Gasteiger partial charge in [-0.05, 0) is 23.8 Å². The molecule has 0 spiro atoms. The molecule has 2 aromatic heterocycles. The van der Waals surface area contributed by atoms with Crippen LogP contribution in [0, 0.1) is 0 Å². The summed E-state index contributed by atoms with van der Waals surface area (Å²) >= 11 is 0. The summed E-state index contributed by atoms with van der Waals surface area (Å²) in [5.41, 5.74) is 2.74. The van der Waals surface area contributed by atoms with Gasteiger partial charge in [0.1, 0.15) is 12.4 Å². The third kappa shape index (κ3) is 3.29. The van der Waals surface area contributed by atoms with Crippen LogP contribution in [0.1, 0.15) is 17.2 Å². The molecule has 31 heavy (non-hydrogen) atoms. The third-order valence-electron chi connectivity index (χ3n) is 5.30. The molecule has 2 atom stereocenters. The van der Waals surface area contributed by atoms with Crippen molar-refractivity contribution in [2.75, 3.05) is 17.4 Å². The number of aromatic nitrogens is 4. The van der Waals surface area contributed by atoms with Gasteiger partial charge in [-0.3, -0.25) is 0 Å². The van der Waals surface area contributed by atoms with Crippen LogP contribution in [-0.4, -0.2) is 32.8 Å². The van der Waals surface area contributed by atoms with Crippen molar-refractivity contribution in [1.29, 1.82) is 0 Å². The molecular weight excluding hydrogens is 396 g/mol. The summed E-state index contributed by atoms with van der Waals surface area (Å²) in [6, 6.07) is 5.87. The van der Waals surface area contributed by atoms with Crippen molar-refractivity contribution in [3.05, 3.63) is 72.5 Å². The minimum absolute atomic E-state index is 0.0547. The standard InChI is InChI=1S/C22H18N6O3/c1-2-4-16-15(3-1)19-20(31-16)21(27-11-26-19)28-22-24-9-14(10-25-22)23-8-13-5-6-17-18(7-13)30-12-29-17/h1-7,9-11,15-16,23H,8,12H2,(H,24,25,26,27,28). The maximum absolute atomic E-state index is 6.04.